The maximum atomic E-state index is 12.5. The minimum Gasteiger partial charge on any atom is -0.493 e. The number of halogens is 2. The number of nitrogens with one attached hydrogen (secondary N) is 1. The summed E-state index contributed by atoms with van der Waals surface area (Å²) in [4.78, 5) is 17.6. The van der Waals surface area contributed by atoms with Crippen LogP contribution in [0.25, 0.3) is 6.08 Å². The molecular weight excluding hydrogens is 524 g/mol. The van der Waals surface area contributed by atoms with Gasteiger partial charge in [0.1, 0.15) is 6.61 Å². The first-order valence-electron chi connectivity index (χ1n) is 10.0. The number of carbonyl (C=O) groups is 1. The molecule has 1 heterocycles. The molecule has 0 unspecified atom stereocenters. The number of rotatable bonds is 6. The smallest absolute Gasteiger partial charge is 0.264 e. The van der Waals surface area contributed by atoms with Gasteiger partial charge in [-0.3, -0.25) is 4.79 Å². The molecule has 0 atom stereocenters. The van der Waals surface area contributed by atoms with E-state index in [-0.39, 0.29) is 5.91 Å². The Bertz CT molecular complexity index is 1260. The molecule has 1 aliphatic rings. The Balaban J connectivity index is 1.56. The Kier molecular flexibility index (Phi) is 7.42. The zero-order valence-corrected chi connectivity index (χ0v) is 21.1. The SMILES string of the molecule is COc1cc(/C=C2\SC(=Nc3cc(Cl)ccc3C)NC2=O)c(Br)cc1OCc1ccccc1. The zero-order chi connectivity index (χ0) is 23.4. The lowest BCUT2D eigenvalue weighted by molar-refractivity contribution is -0.115. The average Bonchev–Trinajstić information content (AvgIpc) is 3.15. The summed E-state index contributed by atoms with van der Waals surface area (Å²) in [7, 11) is 1.59. The van der Waals surface area contributed by atoms with Crippen LogP contribution < -0.4 is 14.8 Å². The van der Waals surface area contributed by atoms with E-state index in [1.165, 1.54) is 11.8 Å². The van der Waals surface area contributed by atoms with E-state index in [0.717, 1.165) is 21.2 Å². The predicted octanol–water partition coefficient (Wildman–Crippen LogP) is 6.89. The van der Waals surface area contributed by atoms with Crippen molar-refractivity contribution in [2.45, 2.75) is 13.5 Å². The van der Waals surface area contributed by atoms with Gasteiger partial charge < -0.3 is 14.8 Å². The van der Waals surface area contributed by atoms with Gasteiger partial charge in [0.05, 0.1) is 17.7 Å². The summed E-state index contributed by atoms with van der Waals surface area (Å²) in [6, 6.07) is 19.1. The minimum atomic E-state index is -0.214. The van der Waals surface area contributed by atoms with Gasteiger partial charge in [-0.15, -0.1) is 0 Å². The second-order valence-corrected chi connectivity index (χ2v) is 9.53. The molecule has 8 heteroatoms. The summed E-state index contributed by atoms with van der Waals surface area (Å²) < 4.78 is 12.3. The molecule has 0 aromatic heterocycles. The normalized spacial score (nSPS) is 15.7. The number of aliphatic imine (C=N–C) groups is 1. The Hall–Kier alpha value is -2.74. The monoisotopic (exact) mass is 542 g/mol. The average molecular weight is 544 g/mol. The quantitative estimate of drug-likeness (QED) is 0.344. The molecule has 5 nitrogen and oxygen atoms in total. The van der Waals surface area contributed by atoms with Gasteiger partial charge in [-0.1, -0.05) is 63.9 Å². The van der Waals surface area contributed by atoms with Crippen LogP contribution in [0.15, 0.2) is 75.0 Å². The van der Waals surface area contributed by atoms with Crippen LogP contribution in [-0.4, -0.2) is 18.2 Å². The van der Waals surface area contributed by atoms with Crippen molar-refractivity contribution in [3.8, 4) is 11.5 Å². The molecule has 0 spiro atoms. The number of carbonyl (C=O) groups excluding carboxylic acids is 1. The zero-order valence-electron chi connectivity index (χ0n) is 17.9. The maximum absolute atomic E-state index is 12.5. The first kappa shape index (κ1) is 23.4. The molecule has 1 amide bonds. The third kappa shape index (κ3) is 5.79. The molecule has 4 rings (SSSR count). The first-order chi connectivity index (χ1) is 15.9. The molecular formula is C25H20BrClN2O3S. The molecule has 1 saturated heterocycles. The van der Waals surface area contributed by atoms with E-state index in [0.29, 0.717) is 38.9 Å². The van der Waals surface area contributed by atoms with Gasteiger partial charge in [0.15, 0.2) is 16.7 Å². The molecule has 0 bridgehead atoms. The van der Waals surface area contributed by atoms with Crippen LogP contribution in [0.3, 0.4) is 0 Å². The molecule has 1 N–H and O–H groups in total. The number of amidine groups is 1. The van der Waals surface area contributed by atoms with Crippen molar-refractivity contribution in [1.29, 1.82) is 0 Å². The number of hydrogen-bond donors (Lipinski definition) is 1. The van der Waals surface area contributed by atoms with E-state index < -0.39 is 0 Å². The van der Waals surface area contributed by atoms with Crippen molar-refractivity contribution in [3.05, 3.63) is 91.8 Å². The molecule has 0 saturated carbocycles. The van der Waals surface area contributed by atoms with Crippen molar-refractivity contribution in [2.24, 2.45) is 4.99 Å². The van der Waals surface area contributed by atoms with Crippen molar-refractivity contribution >= 4 is 62.1 Å². The molecule has 0 aliphatic carbocycles. The first-order valence-corrected chi connectivity index (χ1v) is 12.0. The standard InChI is InChI=1S/C25H20BrClN2O3S/c1-15-8-9-18(27)12-20(15)28-25-29-24(30)23(33-25)11-17-10-21(31-2)22(13-19(17)26)32-14-16-6-4-3-5-7-16/h3-13H,14H2,1-2H3,(H,28,29,30)/b23-11-. The Labute approximate surface area is 210 Å². The van der Waals surface area contributed by atoms with E-state index in [1.807, 2.05) is 61.5 Å². The fourth-order valence-electron chi connectivity index (χ4n) is 3.10. The van der Waals surface area contributed by atoms with Gasteiger partial charge in [0, 0.05) is 9.50 Å². The molecule has 33 heavy (non-hydrogen) atoms. The van der Waals surface area contributed by atoms with Gasteiger partial charge in [0.25, 0.3) is 5.91 Å². The van der Waals surface area contributed by atoms with E-state index in [1.54, 1.807) is 19.3 Å². The lowest BCUT2D eigenvalue weighted by Gasteiger charge is -2.13. The van der Waals surface area contributed by atoms with Gasteiger partial charge in [-0.05, 0) is 65.7 Å². The van der Waals surface area contributed by atoms with E-state index in [2.05, 4.69) is 26.2 Å². The Morgan fingerprint density at radius 2 is 1.91 bits per heavy atom. The van der Waals surface area contributed by atoms with E-state index in [9.17, 15) is 4.79 Å². The summed E-state index contributed by atoms with van der Waals surface area (Å²) >= 11 is 10.9. The maximum Gasteiger partial charge on any atom is 0.264 e. The van der Waals surface area contributed by atoms with E-state index >= 15 is 0 Å². The predicted molar refractivity (Wildman–Crippen MR) is 138 cm³/mol. The lowest BCUT2D eigenvalue weighted by atomic mass is 10.2. The van der Waals surface area contributed by atoms with Crippen molar-refractivity contribution in [3.63, 3.8) is 0 Å². The van der Waals surface area contributed by atoms with Gasteiger partial charge in [-0.2, -0.15) is 0 Å². The fraction of sp³-hybridized carbons (Fsp3) is 0.120. The van der Waals surface area contributed by atoms with Crippen LogP contribution >= 0.6 is 39.3 Å². The molecule has 1 aliphatic heterocycles. The number of methoxy groups -OCH3 is 1. The lowest BCUT2D eigenvalue weighted by Crippen LogP contribution is -2.19. The van der Waals surface area contributed by atoms with Gasteiger partial charge in [0.2, 0.25) is 0 Å². The topological polar surface area (TPSA) is 59.9 Å². The minimum absolute atomic E-state index is 0.214. The highest BCUT2D eigenvalue weighted by Crippen LogP contribution is 2.37. The van der Waals surface area contributed by atoms with Crippen LogP contribution in [0.4, 0.5) is 5.69 Å². The number of nitrogens with zero attached hydrogens (tertiary/aromatic N) is 1. The summed E-state index contributed by atoms with van der Waals surface area (Å²) in [5.41, 5.74) is 3.53. The third-order valence-corrected chi connectivity index (χ3v) is 6.68. The highest BCUT2D eigenvalue weighted by molar-refractivity contribution is 9.10. The number of benzene rings is 3. The third-order valence-electron chi connectivity index (χ3n) is 4.85. The number of amides is 1. The van der Waals surface area contributed by atoms with Crippen LogP contribution in [0.5, 0.6) is 11.5 Å². The highest BCUT2D eigenvalue weighted by atomic mass is 79.9. The molecule has 3 aromatic rings. The molecule has 1 fully saturated rings. The van der Waals surface area contributed by atoms with Crippen LogP contribution in [0, 0.1) is 6.92 Å². The van der Waals surface area contributed by atoms with Gasteiger partial charge in [-0.25, -0.2) is 4.99 Å². The van der Waals surface area contributed by atoms with Crippen molar-refractivity contribution in [2.75, 3.05) is 7.11 Å². The highest BCUT2D eigenvalue weighted by Gasteiger charge is 2.24. The van der Waals surface area contributed by atoms with Crippen molar-refractivity contribution < 1.29 is 14.3 Å². The second-order valence-electron chi connectivity index (χ2n) is 7.21. The fourth-order valence-corrected chi connectivity index (χ4v) is 4.53. The largest absolute Gasteiger partial charge is 0.493 e. The summed E-state index contributed by atoms with van der Waals surface area (Å²) in [6.07, 6.45) is 1.79. The van der Waals surface area contributed by atoms with E-state index in [4.69, 9.17) is 21.1 Å². The second kappa shape index (κ2) is 10.5. The number of thioether (sulfide) groups is 1. The summed E-state index contributed by atoms with van der Waals surface area (Å²) in [5.74, 6) is 0.971. The molecule has 168 valence electrons. The van der Waals surface area contributed by atoms with Gasteiger partial charge >= 0.3 is 0 Å². The van der Waals surface area contributed by atoms with Crippen LogP contribution in [0.2, 0.25) is 5.02 Å². The summed E-state index contributed by atoms with van der Waals surface area (Å²) in [5, 5.41) is 3.90. The molecule has 0 radical (unpaired) electrons. The Morgan fingerprint density at radius 3 is 2.67 bits per heavy atom. The summed E-state index contributed by atoms with van der Waals surface area (Å²) in [6.45, 7) is 2.36. The molecule has 3 aromatic carbocycles. The van der Waals surface area contributed by atoms with Crippen molar-refractivity contribution in [1.82, 2.24) is 5.32 Å². The number of hydrogen-bond acceptors (Lipinski definition) is 5. The number of ether oxygens (including phenoxy) is 2. The van der Waals surface area contributed by atoms with Crippen LogP contribution in [-0.2, 0) is 11.4 Å². The number of aryl methyl sites for hydroxylation is 1. The Morgan fingerprint density at radius 1 is 1.12 bits per heavy atom. The van der Waals surface area contributed by atoms with Crippen LogP contribution in [0.1, 0.15) is 16.7 Å².